The molecule has 2 N–H and O–H groups in total. The lowest BCUT2D eigenvalue weighted by Gasteiger charge is -2.18. The molecule has 14 heavy (non-hydrogen) atoms. The molecule has 1 nitrogen and oxygen atoms in total. The maximum atomic E-state index is 5.66. The lowest BCUT2D eigenvalue weighted by atomic mass is 9.88. The molecule has 0 saturated carbocycles. The molecule has 1 aliphatic rings. The normalized spacial score (nSPS) is 21.8. The molecular weight excluding hydrogens is 170 g/mol. The van der Waals surface area contributed by atoms with Gasteiger partial charge in [0.25, 0.3) is 0 Å². The van der Waals surface area contributed by atoms with Gasteiger partial charge in [-0.3, -0.25) is 0 Å². The van der Waals surface area contributed by atoms with Gasteiger partial charge in [-0.2, -0.15) is 0 Å². The summed E-state index contributed by atoms with van der Waals surface area (Å²) in [7, 11) is 0. The van der Waals surface area contributed by atoms with E-state index in [1.165, 1.54) is 30.4 Å². The van der Waals surface area contributed by atoms with Crippen LogP contribution < -0.4 is 5.73 Å². The summed E-state index contributed by atoms with van der Waals surface area (Å²) in [5, 5.41) is 0. The van der Waals surface area contributed by atoms with Crippen LogP contribution in [0.3, 0.4) is 0 Å². The van der Waals surface area contributed by atoms with Gasteiger partial charge in [0, 0.05) is 5.69 Å². The molecule has 1 aromatic rings. The molecule has 1 aromatic carbocycles. The topological polar surface area (TPSA) is 26.0 Å². The molecule has 0 fully saturated rings. The highest BCUT2D eigenvalue weighted by Crippen LogP contribution is 2.29. The van der Waals surface area contributed by atoms with E-state index in [4.69, 9.17) is 5.73 Å². The summed E-state index contributed by atoms with van der Waals surface area (Å²) in [5.41, 5.74) is 9.33. The Morgan fingerprint density at radius 1 is 1.21 bits per heavy atom. The predicted molar refractivity (Wildman–Crippen MR) is 61.8 cm³/mol. The summed E-state index contributed by atoms with van der Waals surface area (Å²) in [6, 6.07) is 8.21. The number of anilines is 1. The van der Waals surface area contributed by atoms with E-state index >= 15 is 0 Å². The van der Waals surface area contributed by atoms with Gasteiger partial charge in [0.2, 0.25) is 0 Å². The Bertz CT molecular complexity index is 335. The molecule has 0 aromatic heterocycles. The van der Waals surface area contributed by atoms with E-state index < -0.39 is 0 Å². The van der Waals surface area contributed by atoms with Crippen LogP contribution in [0.1, 0.15) is 31.7 Å². The van der Waals surface area contributed by atoms with Crippen LogP contribution >= 0.6 is 0 Å². The molecular formula is C13H17N. The van der Waals surface area contributed by atoms with Gasteiger partial charge < -0.3 is 5.73 Å². The Balaban J connectivity index is 2.19. The van der Waals surface area contributed by atoms with Crippen molar-refractivity contribution in [2.75, 3.05) is 5.73 Å². The first-order chi connectivity index (χ1) is 6.75. The average molecular weight is 187 g/mol. The Morgan fingerprint density at radius 2 is 1.93 bits per heavy atom. The first-order valence-electron chi connectivity index (χ1n) is 5.30. The molecule has 1 heteroatoms. The fraction of sp³-hybridized carbons (Fsp3) is 0.385. The highest BCUT2D eigenvalue weighted by Gasteiger charge is 2.10. The van der Waals surface area contributed by atoms with E-state index in [2.05, 4.69) is 25.1 Å². The zero-order valence-corrected chi connectivity index (χ0v) is 8.66. The predicted octanol–water partition coefficient (Wildman–Crippen LogP) is 3.47. The van der Waals surface area contributed by atoms with Crippen LogP contribution in [0.5, 0.6) is 0 Å². The van der Waals surface area contributed by atoms with Crippen LogP contribution in [0, 0.1) is 5.92 Å². The standard InChI is InChI=1S/C13H17N/c1-10-2-4-11(5-3-10)12-6-8-13(14)9-7-12/h4,6-10H,2-3,5,14H2,1H3. The van der Waals surface area contributed by atoms with Crippen molar-refractivity contribution in [2.45, 2.75) is 26.2 Å². The summed E-state index contributed by atoms with van der Waals surface area (Å²) in [6.07, 6.45) is 6.13. The Hall–Kier alpha value is -1.24. The molecule has 0 amide bonds. The van der Waals surface area contributed by atoms with E-state index in [1.54, 1.807) is 0 Å². The SMILES string of the molecule is CC1CC=C(c2ccc(N)cc2)CC1. The first-order valence-corrected chi connectivity index (χ1v) is 5.30. The monoisotopic (exact) mass is 187 g/mol. The molecule has 0 bridgehead atoms. The zero-order valence-electron chi connectivity index (χ0n) is 8.66. The summed E-state index contributed by atoms with van der Waals surface area (Å²) in [4.78, 5) is 0. The number of allylic oxidation sites excluding steroid dienone is 2. The highest BCUT2D eigenvalue weighted by atomic mass is 14.5. The second kappa shape index (κ2) is 3.87. The van der Waals surface area contributed by atoms with Crippen molar-refractivity contribution < 1.29 is 0 Å². The largest absolute Gasteiger partial charge is 0.399 e. The fourth-order valence-electron chi connectivity index (χ4n) is 1.92. The maximum Gasteiger partial charge on any atom is 0.0314 e. The number of benzene rings is 1. The average Bonchev–Trinajstić information content (AvgIpc) is 2.21. The number of rotatable bonds is 1. The molecule has 0 spiro atoms. The van der Waals surface area contributed by atoms with Gasteiger partial charge >= 0.3 is 0 Å². The van der Waals surface area contributed by atoms with Crippen LogP contribution in [0.15, 0.2) is 30.3 Å². The second-order valence-electron chi connectivity index (χ2n) is 4.23. The second-order valence-corrected chi connectivity index (χ2v) is 4.23. The minimum Gasteiger partial charge on any atom is -0.399 e. The van der Waals surface area contributed by atoms with E-state index in [-0.39, 0.29) is 0 Å². The lowest BCUT2D eigenvalue weighted by molar-refractivity contribution is 0.534. The minimum atomic E-state index is 0.846. The van der Waals surface area contributed by atoms with Crippen molar-refractivity contribution in [3.63, 3.8) is 0 Å². The zero-order chi connectivity index (χ0) is 9.97. The smallest absolute Gasteiger partial charge is 0.0314 e. The van der Waals surface area contributed by atoms with Gasteiger partial charge in [-0.05, 0) is 48.4 Å². The van der Waals surface area contributed by atoms with Gasteiger partial charge in [0.15, 0.2) is 0 Å². The van der Waals surface area contributed by atoms with Gasteiger partial charge in [-0.25, -0.2) is 0 Å². The molecule has 1 aliphatic carbocycles. The number of hydrogen-bond acceptors (Lipinski definition) is 1. The summed E-state index contributed by atoms with van der Waals surface area (Å²) < 4.78 is 0. The third-order valence-electron chi connectivity index (χ3n) is 2.95. The Kier molecular flexibility index (Phi) is 2.58. The molecule has 0 saturated heterocycles. The fourth-order valence-corrected chi connectivity index (χ4v) is 1.92. The minimum absolute atomic E-state index is 0.846. The maximum absolute atomic E-state index is 5.66. The lowest BCUT2D eigenvalue weighted by Crippen LogP contribution is -2.00. The van der Waals surface area contributed by atoms with Crippen molar-refractivity contribution in [3.05, 3.63) is 35.9 Å². The molecule has 0 radical (unpaired) electrons. The Morgan fingerprint density at radius 3 is 2.50 bits per heavy atom. The third kappa shape index (κ3) is 1.98. The Labute approximate surface area is 85.6 Å². The molecule has 74 valence electrons. The van der Waals surface area contributed by atoms with Crippen molar-refractivity contribution >= 4 is 11.3 Å². The van der Waals surface area contributed by atoms with Crippen molar-refractivity contribution in [1.82, 2.24) is 0 Å². The van der Waals surface area contributed by atoms with Crippen LogP contribution in [-0.4, -0.2) is 0 Å². The number of hydrogen-bond donors (Lipinski definition) is 1. The van der Waals surface area contributed by atoms with Gasteiger partial charge in [0.05, 0.1) is 0 Å². The van der Waals surface area contributed by atoms with Crippen molar-refractivity contribution in [2.24, 2.45) is 5.92 Å². The van der Waals surface area contributed by atoms with Gasteiger partial charge in [-0.1, -0.05) is 25.1 Å². The molecule has 2 rings (SSSR count). The van der Waals surface area contributed by atoms with E-state index in [0.717, 1.165) is 11.6 Å². The quantitative estimate of drug-likeness (QED) is 0.669. The third-order valence-corrected chi connectivity index (χ3v) is 2.95. The molecule has 1 atom stereocenters. The highest BCUT2D eigenvalue weighted by molar-refractivity contribution is 5.67. The summed E-state index contributed by atoms with van der Waals surface area (Å²) >= 11 is 0. The van der Waals surface area contributed by atoms with Crippen LogP contribution in [-0.2, 0) is 0 Å². The number of nitrogen functional groups attached to an aromatic ring is 1. The summed E-state index contributed by atoms with van der Waals surface area (Å²) in [5.74, 6) is 0.854. The van der Waals surface area contributed by atoms with E-state index in [9.17, 15) is 0 Å². The molecule has 0 aliphatic heterocycles. The molecule has 0 heterocycles. The molecule has 1 unspecified atom stereocenters. The van der Waals surface area contributed by atoms with Crippen LogP contribution in [0.2, 0.25) is 0 Å². The van der Waals surface area contributed by atoms with Gasteiger partial charge in [-0.15, -0.1) is 0 Å². The van der Waals surface area contributed by atoms with E-state index in [0.29, 0.717) is 0 Å². The van der Waals surface area contributed by atoms with Gasteiger partial charge in [0.1, 0.15) is 0 Å². The number of nitrogens with two attached hydrogens (primary N) is 1. The van der Waals surface area contributed by atoms with Crippen molar-refractivity contribution in [1.29, 1.82) is 0 Å². The summed E-state index contributed by atoms with van der Waals surface area (Å²) in [6.45, 7) is 2.32. The van der Waals surface area contributed by atoms with Crippen LogP contribution in [0.25, 0.3) is 5.57 Å². The van der Waals surface area contributed by atoms with Crippen molar-refractivity contribution in [3.8, 4) is 0 Å². The van der Waals surface area contributed by atoms with E-state index in [1.807, 2.05) is 12.1 Å². The first kappa shape index (κ1) is 9.32. The van der Waals surface area contributed by atoms with Crippen LogP contribution in [0.4, 0.5) is 5.69 Å².